The maximum atomic E-state index is 10.4. The van der Waals surface area contributed by atoms with Crippen molar-refractivity contribution in [3.05, 3.63) is 0 Å². The van der Waals surface area contributed by atoms with Crippen molar-refractivity contribution in [3.63, 3.8) is 0 Å². The molecule has 0 unspecified atom stereocenters. The zero-order valence-electron chi connectivity index (χ0n) is 16.5. The van der Waals surface area contributed by atoms with Crippen molar-refractivity contribution in [3.8, 4) is 0 Å². The van der Waals surface area contributed by atoms with Gasteiger partial charge in [-0.15, -0.1) is 0 Å². The second kappa shape index (κ2) is 26.5. The number of aliphatic hydroxyl groups excluding tert-OH is 2. The molecule has 0 aromatic carbocycles. The minimum Gasteiger partial charge on any atom is -0.397 e. The molecule has 27 heavy (non-hydrogen) atoms. The van der Waals surface area contributed by atoms with E-state index in [4.69, 9.17) is 10.2 Å². The van der Waals surface area contributed by atoms with E-state index in [1.165, 1.54) is 13.8 Å². The van der Waals surface area contributed by atoms with Gasteiger partial charge in [0.05, 0.1) is 0 Å². The quantitative estimate of drug-likeness (QED) is 0.357. The van der Waals surface area contributed by atoms with Crippen LogP contribution in [0, 0.1) is 0 Å². The normalized spacial score (nSPS) is 7.70. The van der Waals surface area contributed by atoms with Crippen LogP contribution in [0.5, 0.6) is 0 Å². The maximum Gasteiger partial charge on any atom is 0.320 e. The van der Waals surface area contributed by atoms with Crippen molar-refractivity contribution >= 4 is 35.4 Å². The van der Waals surface area contributed by atoms with Crippen LogP contribution in [0.15, 0.2) is 0 Å². The molecule has 156 valence electrons. The van der Waals surface area contributed by atoms with Crippen LogP contribution >= 0.6 is 0 Å². The first-order valence-corrected chi connectivity index (χ1v) is 7.50. The second-order valence-corrected chi connectivity index (χ2v) is 4.32. The molecule has 0 spiro atoms. The van der Waals surface area contributed by atoms with Gasteiger partial charge in [0.2, 0.25) is 0 Å². The number of hydrogen-bond donors (Lipinski definition) is 2. The summed E-state index contributed by atoms with van der Waals surface area (Å²) in [5, 5.41) is 15.1. The minimum atomic E-state index is -0.792. The van der Waals surface area contributed by atoms with E-state index in [1.54, 1.807) is 13.8 Å². The zero-order chi connectivity index (χ0) is 21.7. The molecule has 0 aliphatic carbocycles. The molecule has 11 heteroatoms. The Bertz CT molecular complexity index is 382. The minimum absolute atomic E-state index is 0. The number of ketones is 2. The van der Waals surface area contributed by atoms with Crippen LogP contribution in [0.4, 0.5) is 0 Å². The summed E-state index contributed by atoms with van der Waals surface area (Å²) >= 11 is 0. The number of rotatable bonds is 4. The Balaban J connectivity index is -0.0000000899. The van der Waals surface area contributed by atoms with Crippen LogP contribution in [-0.4, -0.2) is 58.9 Å². The van der Waals surface area contributed by atoms with Gasteiger partial charge in [0, 0.05) is 48.8 Å². The van der Waals surface area contributed by atoms with Crippen LogP contribution in [0.3, 0.4) is 0 Å². The van der Waals surface area contributed by atoms with E-state index < -0.39 is 23.9 Å². The molecule has 0 saturated heterocycles. The predicted molar refractivity (Wildman–Crippen MR) is 89.7 cm³/mol. The van der Waals surface area contributed by atoms with Gasteiger partial charge in [0.1, 0.15) is 24.4 Å². The summed E-state index contributed by atoms with van der Waals surface area (Å²) < 4.78 is 8.12. The maximum absolute atomic E-state index is 10.4. The molecular weight excluding hydrogens is 400 g/mol. The summed E-state index contributed by atoms with van der Waals surface area (Å²) in [6.45, 7) is 8.58. The van der Waals surface area contributed by atoms with E-state index in [1.807, 2.05) is 0 Å². The largest absolute Gasteiger partial charge is 0.397 e. The number of hydrogen-bond acceptors (Lipinski definition) is 10. The molecule has 0 bridgehead atoms. The number of esters is 4. The van der Waals surface area contributed by atoms with Crippen molar-refractivity contribution in [2.75, 3.05) is 13.2 Å². The number of Topliss-reactive ketones (excluding diaryl/α,β-unsaturated/α-hetero) is 2. The summed E-state index contributed by atoms with van der Waals surface area (Å²) in [4.78, 5) is 61.4. The number of carbonyl (C=O) groups is 6. The van der Waals surface area contributed by atoms with Crippen molar-refractivity contribution < 1.29 is 70.2 Å². The Morgan fingerprint density at radius 3 is 0.926 bits per heavy atom. The van der Waals surface area contributed by atoms with Gasteiger partial charge in [-0.1, -0.05) is 0 Å². The van der Waals surface area contributed by atoms with Crippen molar-refractivity contribution in [1.82, 2.24) is 0 Å². The molecule has 0 heterocycles. The fourth-order valence-corrected chi connectivity index (χ4v) is 0.799. The molecule has 0 aromatic rings. The average molecular weight is 428 g/mol. The third-order valence-electron chi connectivity index (χ3n) is 1.30. The predicted octanol–water partition coefficient (Wildman–Crippen LogP) is 0.105. The zero-order valence-corrected chi connectivity index (χ0v) is 18.1. The van der Waals surface area contributed by atoms with Gasteiger partial charge < -0.3 is 19.7 Å². The van der Waals surface area contributed by atoms with E-state index in [0.717, 1.165) is 13.8 Å². The summed E-state index contributed by atoms with van der Waals surface area (Å²) in [7, 11) is 0. The molecule has 0 saturated carbocycles. The van der Waals surface area contributed by atoms with Crippen molar-refractivity contribution in [1.29, 1.82) is 0 Å². The molecule has 10 nitrogen and oxygen atoms in total. The smallest absolute Gasteiger partial charge is 0.320 e. The summed E-state index contributed by atoms with van der Waals surface area (Å²) in [6, 6.07) is 0. The molecule has 0 fully saturated rings. The Morgan fingerprint density at radius 1 is 0.630 bits per heavy atom. The van der Waals surface area contributed by atoms with Gasteiger partial charge in [-0.25, -0.2) is 0 Å². The van der Waals surface area contributed by atoms with Gasteiger partial charge in [-0.05, 0) is 27.7 Å². The van der Waals surface area contributed by atoms with Crippen LogP contribution < -0.4 is 0 Å². The first kappa shape index (κ1) is 36.2. The molecule has 0 aliphatic rings. The van der Waals surface area contributed by atoms with E-state index >= 15 is 0 Å². The monoisotopic (exact) mass is 428 g/mol. The molecule has 0 rings (SSSR count). The van der Waals surface area contributed by atoms with Gasteiger partial charge in [0.15, 0.2) is 0 Å². The first-order valence-electron chi connectivity index (χ1n) is 7.50. The van der Waals surface area contributed by atoms with Crippen molar-refractivity contribution in [2.24, 2.45) is 0 Å². The molecule has 2 N–H and O–H groups in total. The third-order valence-corrected chi connectivity index (χ3v) is 1.30. The second-order valence-electron chi connectivity index (χ2n) is 4.32. The number of aliphatic hydroxyl groups is 2. The van der Waals surface area contributed by atoms with Gasteiger partial charge in [-0.3, -0.25) is 28.8 Å². The molecule has 0 atom stereocenters. The van der Waals surface area contributed by atoms with E-state index in [2.05, 4.69) is 9.47 Å². The number of carbonyl (C=O) groups excluding carboxylic acids is 6. The summed E-state index contributed by atoms with van der Waals surface area (Å²) in [6.07, 6.45) is -0.668. The molecule has 0 radical (unpaired) electrons. The average Bonchev–Trinajstić information content (AvgIpc) is 2.36. The van der Waals surface area contributed by atoms with E-state index in [-0.39, 0.29) is 59.3 Å². The Hall–Kier alpha value is -1.75. The molecule has 0 amide bonds. The SMILES string of the molecule is CC(=O)CC(=O)OC(C)=O.CC(=O)CC(=O)OC(C)=O.CCO.CCO.[Ti]. The fourth-order valence-electron chi connectivity index (χ4n) is 0.799. The fraction of sp³-hybridized carbons (Fsp3) is 0.625. The summed E-state index contributed by atoms with van der Waals surface area (Å²) in [5.74, 6) is -3.59. The third kappa shape index (κ3) is 59.1. The Morgan fingerprint density at radius 2 is 0.815 bits per heavy atom. The van der Waals surface area contributed by atoms with Gasteiger partial charge in [0.25, 0.3) is 0 Å². The van der Waals surface area contributed by atoms with Crippen LogP contribution in [0.25, 0.3) is 0 Å². The molecular formula is C16H28O10Ti. The summed E-state index contributed by atoms with van der Waals surface area (Å²) in [5.41, 5.74) is 0. The van der Waals surface area contributed by atoms with Gasteiger partial charge >= 0.3 is 23.9 Å². The van der Waals surface area contributed by atoms with E-state index in [0.29, 0.717) is 0 Å². The van der Waals surface area contributed by atoms with Crippen LogP contribution in [0.1, 0.15) is 54.4 Å². The number of ether oxygens (including phenoxy) is 2. The first-order chi connectivity index (χ1) is 11.9. The van der Waals surface area contributed by atoms with Crippen molar-refractivity contribution in [2.45, 2.75) is 54.4 Å². The standard InChI is InChI=1S/2C6H8O4.2C2H6O.Ti/c2*1-4(7)3-6(9)10-5(2)8;2*1-2-3;/h2*3H2,1-2H3;2*3H,2H2,1H3;. The topological polar surface area (TPSA) is 161 Å². The van der Waals surface area contributed by atoms with E-state index in [9.17, 15) is 28.8 Å². The van der Waals surface area contributed by atoms with Crippen LogP contribution in [-0.2, 0) is 60.0 Å². The Labute approximate surface area is 173 Å². The van der Waals surface area contributed by atoms with Gasteiger partial charge in [-0.2, -0.15) is 0 Å². The molecule has 0 aromatic heterocycles. The molecule has 0 aliphatic heterocycles. The van der Waals surface area contributed by atoms with Crippen LogP contribution in [0.2, 0.25) is 0 Å². The Kier molecular flexibility index (Phi) is 35.5.